The van der Waals surface area contributed by atoms with Crippen LogP contribution in [0.4, 0.5) is 0 Å². The van der Waals surface area contributed by atoms with Crippen LogP contribution in [0.15, 0.2) is 48.6 Å². The van der Waals surface area contributed by atoms with Gasteiger partial charge in [0.25, 0.3) is 0 Å². The van der Waals surface area contributed by atoms with E-state index in [1.807, 2.05) is 36.4 Å². The Hall–Kier alpha value is -3.15. The third-order valence-electron chi connectivity index (χ3n) is 4.62. The van der Waals surface area contributed by atoms with Crippen LogP contribution >= 0.6 is 0 Å². The minimum Gasteiger partial charge on any atom is -0.505 e. The molecule has 3 rings (SSSR count). The lowest BCUT2D eigenvalue weighted by molar-refractivity contribution is -0.137. The number of aryl methyl sites for hydroxylation is 1. The molecule has 3 aromatic rings. The Morgan fingerprint density at radius 3 is 2.41 bits per heavy atom. The number of benzene rings is 2. The summed E-state index contributed by atoms with van der Waals surface area (Å²) in [4.78, 5) is 12.9. The molecule has 0 fully saturated rings. The smallest absolute Gasteiger partial charge is 0.330 e. The van der Waals surface area contributed by atoms with Crippen molar-refractivity contribution in [2.45, 2.75) is 46.0 Å². The molecule has 6 nitrogen and oxygen atoms in total. The average Bonchev–Trinajstić information content (AvgIpc) is 3.09. The van der Waals surface area contributed by atoms with Gasteiger partial charge in [-0.05, 0) is 48.9 Å². The molecule has 0 aliphatic carbocycles. The van der Waals surface area contributed by atoms with Crippen molar-refractivity contribution in [3.8, 4) is 11.4 Å². The van der Waals surface area contributed by atoms with Crippen molar-refractivity contribution in [1.29, 1.82) is 0 Å². The zero-order valence-electron chi connectivity index (χ0n) is 17.3. The predicted octanol–water partition coefficient (Wildman–Crippen LogP) is 4.48. The molecule has 29 heavy (non-hydrogen) atoms. The summed E-state index contributed by atoms with van der Waals surface area (Å²) in [5.74, 6) is -0.150. The fourth-order valence-electron chi connectivity index (χ4n) is 3.15. The molecule has 0 aliphatic rings. The molecule has 2 aromatic carbocycles. The molecule has 0 bridgehead atoms. The minimum absolute atomic E-state index is 0.182. The Bertz CT molecular complexity index is 1010. The Balaban J connectivity index is 1.91. The van der Waals surface area contributed by atoms with Gasteiger partial charge in [0.15, 0.2) is 0 Å². The van der Waals surface area contributed by atoms with Crippen LogP contribution in [-0.2, 0) is 21.4 Å². The Kier molecular flexibility index (Phi) is 6.01. The molecule has 0 radical (unpaired) electrons. The van der Waals surface area contributed by atoms with Gasteiger partial charge in [-0.15, -0.1) is 15.0 Å². The number of nitrogens with zero attached hydrogens (tertiary/aromatic N) is 3. The molecule has 1 aromatic heterocycles. The number of ether oxygens (including phenoxy) is 1. The van der Waals surface area contributed by atoms with Crippen LogP contribution in [0, 0.1) is 0 Å². The average molecular weight is 393 g/mol. The van der Waals surface area contributed by atoms with Gasteiger partial charge in [-0.25, -0.2) is 4.79 Å². The van der Waals surface area contributed by atoms with Gasteiger partial charge in [-0.2, -0.15) is 0 Å². The quantitative estimate of drug-likeness (QED) is 0.380. The first-order valence-electron chi connectivity index (χ1n) is 9.78. The van der Waals surface area contributed by atoms with E-state index in [0.29, 0.717) is 25.1 Å². The third kappa shape index (κ3) is 4.83. The topological polar surface area (TPSA) is 77.2 Å². The summed E-state index contributed by atoms with van der Waals surface area (Å²) >= 11 is 0. The summed E-state index contributed by atoms with van der Waals surface area (Å²) in [6.07, 6.45) is 4.46. The molecular weight excluding hydrogens is 366 g/mol. The van der Waals surface area contributed by atoms with Gasteiger partial charge < -0.3 is 9.84 Å². The molecule has 152 valence electrons. The summed E-state index contributed by atoms with van der Waals surface area (Å²) in [6, 6.07) is 11.5. The van der Waals surface area contributed by atoms with Crippen molar-refractivity contribution in [3.63, 3.8) is 0 Å². The second-order valence-corrected chi connectivity index (χ2v) is 8.01. The van der Waals surface area contributed by atoms with Gasteiger partial charge >= 0.3 is 5.97 Å². The molecule has 0 saturated carbocycles. The summed E-state index contributed by atoms with van der Waals surface area (Å²) in [6.45, 7) is 8.29. The highest BCUT2D eigenvalue weighted by atomic mass is 16.5. The van der Waals surface area contributed by atoms with E-state index in [2.05, 4.69) is 31.0 Å². The molecule has 0 aliphatic heterocycles. The predicted molar refractivity (Wildman–Crippen MR) is 113 cm³/mol. The van der Waals surface area contributed by atoms with Crippen LogP contribution < -0.4 is 0 Å². The fraction of sp³-hybridized carbons (Fsp3) is 0.348. The van der Waals surface area contributed by atoms with Crippen LogP contribution in [0.5, 0.6) is 5.75 Å². The monoisotopic (exact) mass is 393 g/mol. The first kappa shape index (κ1) is 20.6. The molecular formula is C23H27N3O3. The Morgan fingerprint density at radius 1 is 1.17 bits per heavy atom. The van der Waals surface area contributed by atoms with Crippen molar-refractivity contribution < 1.29 is 14.6 Å². The lowest BCUT2D eigenvalue weighted by atomic mass is 9.84. The second kappa shape index (κ2) is 8.47. The lowest BCUT2D eigenvalue weighted by Gasteiger charge is -2.23. The number of carbonyl (C=O) groups excluding carboxylic acids is 1. The summed E-state index contributed by atoms with van der Waals surface area (Å²) < 4.78 is 5.18. The van der Waals surface area contributed by atoms with E-state index < -0.39 is 0 Å². The van der Waals surface area contributed by atoms with E-state index in [9.17, 15) is 9.90 Å². The molecule has 0 atom stereocenters. The first-order chi connectivity index (χ1) is 13.8. The van der Waals surface area contributed by atoms with E-state index in [-0.39, 0.29) is 17.1 Å². The number of phenols is 1. The number of esters is 1. The zero-order valence-corrected chi connectivity index (χ0v) is 17.3. The Labute approximate surface area is 170 Å². The van der Waals surface area contributed by atoms with Gasteiger partial charge in [0.1, 0.15) is 22.5 Å². The maximum Gasteiger partial charge on any atom is 0.330 e. The molecule has 1 heterocycles. The van der Waals surface area contributed by atoms with Gasteiger partial charge in [0.05, 0.1) is 6.61 Å². The fourth-order valence-corrected chi connectivity index (χ4v) is 3.15. The largest absolute Gasteiger partial charge is 0.505 e. The normalized spacial score (nSPS) is 12.0. The standard InChI is InChI=1S/C23H27N3O3/c1-5-9-21(27)29-13-8-10-16-14-17(23(2,3)4)22(28)20(15-16)26-24-18-11-6-7-12-19(18)25-26/h5-7,9,11-12,14-15,28H,8,10,13H2,1-4H3. The van der Waals surface area contributed by atoms with Crippen molar-refractivity contribution in [2.75, 3.05) is 6.61 Å². The third-order valence-corrected chi connectivity index (χ3v) is 4.62. The number of aromatic hydroxyl groups is 1. The molecule has 1 N–H and O–H groups in total. The summed E-state index contributed by atoms with van der Waals surface area (Å²) in [7, 11) is 0. The maximum atomic E-state index is 11.4. The van der Waals surface area contributed by atoms with Crippen LogP contribution in [0.2, 0.25) is 0 Å². The van der Waals surface area contributed by atoms with E-state index in [1.165, 1.54) is 10.9 Å². The number of aromatic nitrogens is 3. The summed E-state index contributed by atoms with van der Waals surface area (Å²) in [5.41, 5.74) is 3.70. The van der Waals surface area contributed by atoms with E-state index in [0.717, 1.165) is 22.2 Å². The Morgan fingerprint density at radius 2 is 1.83 bits per heavy atom. The number of phenolic OH excluding ortho intramolecular Hbond substituents is 1. The van der Waals surface area contributed by atoms with Crippen molar-refractivity contribution >= 4 is 17.0 Å². The maximum absolute atomic E-state index is 11.4. The lowest BCUT2D eigenvalue weighted by Crippen LogP contribution is -2.14. The van der Waals surface area contributed by atoms with Crippen molar-refractivity contribution in [1.82, 2.24) is 15.0 Å². The SMILES string of the molecule is CC=CC(=O)OCCCc1cc(-n2nc3ccccc3n2)c(O)c(C(C)(C)C)c1. The van der Waals surface area contributed by atoms with Gasteiger partial charge in [0, 0.05) is 11.6 Å². The highest BCUT2D eigenvalue weighted by Crippen LogP contribution is 2.36. The second-order valence-electron chi connectivity index (χ2n) is 8.01. The zero-order chi connectivity index (χ0) is 21.0. The number of carbonyl (C=O) groups is 1. The van der Waals surface area contributed by atoms with E-state index in [1.54, 1.807) is 13.0 Å². The number of rotatable bonds is 6. The van der Waals surface area contributed by atoms with Crippen molar-refractivity contribution in [3.05, 3.63) is 59.7 Å². The number of allylic oxidation sites excluding steroid dienone is 1. The number of fused-ring (bicyclic) bond motifs is 1. The molecule has 0 saturated heterocycles. The van der Waals surface area contributed by atoms with Crippen LogP contribution in [0.3, 0.4) is 0 Å². The van der Waals surface area contributed by atoms with Gasteiger partial charge in [-0.1, -0.05) is 45.0 Å². The minimum atomic E-state index is -0.332. The number of hydrogen-bond donors (Lipinski definition) is 1. The first-order valence-corrected chi connectivity index (χ1v) is 9.78. The van der Waals surface area contributed by atoms with Gasteiger partial charge in [0.2, 0.25) is 0 Å². The van der Waals surface area contributed by atoms with Crippen molar-refractivity contribution in [2.24, 2.45) is 0 Å². The molecule has 6 heteroatoms. The number of hydrogen-bond acceptors (Lipinski definition) is 5. The van der Waals surface area contributed by atoms with Crippen LogP contribution in [-0.4, -0.2) is 32.7 Å². The molecule has 0 amide bonds. The van der Waals surface area contributed by atoms with E-state index in [4.69, 9.17) is 4.74 Å². The van der Waals surface area contributed by atoms with Crippen LogP contribution in [0.1, 0.15) is 45.2 Å². The van der Waals surface area contributed by atoms with Crippen LogP contribution in [0.25, 0.3) is 16.7 Å². The summed E-state index contributed by atoms with van der Waals surface area (Å²) in [5, 5.41) is 20.0. The molecule has 0 unspecified atom stereocenters. The highest BCUT2D eigenvalue weighted by Gasteiger charge is 2.23. The van der Waals surface area contributed by atoms with Gasteiger partial charge in [-0.3, -0.25) is 0 Å². The van der Waals surface area contributed by atoms with E-state index >= 15 is 0 Å². The molecule has 0 spiro atoms. The highest BCUT2D eigenvalue weighted by molar-refractivity contribution is 5.81.